The number of amides is 1. The average Bonchev–Trinajstić information content (AvgIpc) is 2.66. The van der Waals surface area contributed by atoms with Gasteiger partial charge in [-0.2, -0.15) is 26.3 Å². The van der Waals surface area contributed by atoms with E-state index in [0.29, 0.717) is 16.8 Å². The van der Waals surface area contributed by atoms with Crippen molar-refractivity contribution in [1.82, 2.24) is 10.2 Å². The monoisotopic (exact) mass is 426 g/mol. The predicted molar refractivity (Wildman–Crippen MR) is 96.8 cm³/mol. The minimum Gasteiger partial charge on any atom is -0.364 e. The smallest absolute Gasteiger partial charge is 0.364 e. The van der Waals surface area contributed by atoms with Gasteiger partial charge in [0.15, 0.2) is 0 Å². The molecule has 0 spiro atoms. The molecule has 1 amide bonds. The van der Waals surface area contributed by atoms with Crippen molar-refractivity contribution < 1.29 is 31.1 Å². The summed E-state index contributed by atoms with van der Waals surface area (Å²) in [4.78, 5) is 14.1. The number of nitrogens with zero attached hydrogens (tertiary/aromatic N) is 1. The number of nitrogens with one attached hydrogen (secondary N) is 1. The second-order valence-corrected chi connectivity index (χ2v) is 7.35. The van der Waals surface area contributed by atoms with Crippen LogP contribution in [0.25, 0.3) is 5.70 Å². The minimum absolute atomic E-state index is 0.239. The first-order chi connectivity index (χ1) is 14.0. The zero-order chi connectivity index (χ0) is 21.8. The molecule has 2 aromatic rings. The zero-order valence-corrected chi connectivity index (χ0v) is 15.6. The number of rotatable bonds is 2. The van der Waals surface area contributed by atoms with E-state index in [9.17, 15) is 31.1 Å². The van der Waals surface area contributed by atoms with E-state index in [0.717, 1.165) is 24.3 Å². The highest BCUT2D eigenvalue weighted by Gasteiger charge is 2.51. The lowest BCUT2D eigenvalue weighted by molar-refractivity contribution is -0.143. The van der Waals surface area contributed by atoms with Crippen LogP contribution < -0.4 is 5.32 Å². The van der Waals surface area contributed by atoms with Gasteiger partial charge in [-0.1, -0.05) is 24.3 Å². The number of hydrogen-bond donors (Lipinski definition) is 1. The molecule has 2 aromatic carbocycles. The molecule has 0 aromatic heterocycles. The molecular weight excluding hydrogens is 410 g/mol. The molecule has 1 N–H and O–H groups in total. The average molecular weight is 426 g/mol. The largest absolute Gasteiger partial charge is 0.416 e. The Kier molecular flexibility index (Phi) is 4.59. The molecule has 1 saturated heterocycles. The van der Waals surface area contributed by atoms with Gasteiger partial charge in [0, 0.05) is 23.7 Å². The summed E-state index contributed by atoms with van der Waals surface area (Å²) in [6, 6.07) is 8.98. The molecule has 0 saturated carbocycles. The van der Waals surface area contributed by atoms with Gasteiger partial charge in [0.05, 0.1) is 11.1 Å². The number of halogens is 6. The first-order valence-corrected chi connectivity index (χ1v) is 9.12. The number of carbonyl (C=O) groups excluding carboxylic acids is 1. The lowest BCUT2D eigenvalue weighted by Gasteiger charge is -2.56. The molecule has 30 heavy (non-hydrogen) atoms. The van der Waals surface area contributed by atoms with Crippen LogP contribution in [0.4, 0.5) is 26.3 Å². The van der Waals surface area contributed by atoms with Crippen molar-refractivity contribution in [2.45, 2.75) is 37.4 Å². The molecule has 0 radical (unpaired) electrons. The second-order valence-electron chi connectivity index (χ2n) is 7.35. The van der Waals surface area contributed by atoms with Gasteiger partial charge < -0.3 is 10.2 Å². The van der Waals surface area contributed by atoms with Crippen molar-refractivity contribution in [3.05, 3.63) is 76.9 Å². The summed E-state index contributed by atoms with van der Waals surface area (Å²) in [5.41, 5.74) is -0.116. The Bertz CT molecular complexity index is 992. The van der Waals surface area contributed by atoms with E-state index in [-0.39, 0.29) is 17.9 Å². The number of fused-ring (bicyclic) bond motifs is 1. The molecule has 4 rings (SSSR count). The van der Waals surface area contributed by atoms with Gasteiger partial charge in [-0.3, -0.25) is 4.79 Å². The summed E-state index contributed by atoms with van der Waals surface area (Å²) < 4.78 is 76.7. The van der Waals surface area contributed by atoms with E-state index < -0.39 is 29.6 Å². The van der Waals surface area contributed by atoms with Crippen LogP contribution in [0.2, 0.25) is 0 Å². The SMILES string of the molecule is CC1C(c2ccc(C(F)(F)F)cc2)C2NC(c3ccc(C(F)(F)F)cc3)=CC(=O)N12. The second kappa shape index (κ2) is 6.78. The Morgan fingerprint density at radius 1 is 0.833 bits per heavy atom. The summed E-state index contributed by atoms with van der Waals surface area (Å²) >= 11 is 0. The number of benzene rings is 2. The lowest BCUT2D eigenvalue weighted by Crippen LogP contribution is -2.69. The Morgan fingerprint density at radius 2 is 1.33 bits per heavy atom. The molecule has 2 heterocycles. The fourth-order valence-corrected chi connectivity index (χ4v) is 4.02. The quantitative estimate of drug-likeness (QED) is 0.685. The van der Waals surface area contributed by atoms with Crippen molar-refractivity contribution in [2.24, 2.45) is 0 Å². The van der Waals surface area contributed by atoms with Gasteiger partial charge in [0.1, 0.15) is 6.17 Å². The molecule has 3 atom stereocenters. The van der Waals surface area contributed by atoms with Gasteiger partial charge in [0.2, 0.25) is 0 Å². The summed E-state index contributed by atoms with van der Waals surface area (Å²) in [6.45, 7) is 1.80. The molecule has 0 aliphatic carbocycles. The molecule has 2 aliphatic rings. The van der Waals surface area contributed by atoms with Crippen LogP contribution >= 0.6 is 0 Å². The molecule has 9 heteroatoms. The third-order valence-electron chi connectivity index (χ3n) is 5.57. The van der Waals surface area contributed by atoms with Crippen LogP contribution in [0.3, 0.4) is 0 Å². The van der Waals surface area contributed by atoms with Crippen LogP contribution in [-0.4, -0.2) is 23.0 Å². The van der Waals surface area contributed by atoms with Crippen molar-refractivity contribution in [3.63, 3.8) is 0 Å². The van der Waals surface area contributed by atoms with Crippen molar-refractivity contribution >= 4 is 11.6 Å². The summed E-state index contributed by atoms with van der Waals surface area (Å²) in [7, 11) is 0. The highest BCUT2D eigenvalue weighted by molar-refractivity contribution is 5.98. The first kappa shape index (κ1) is 20.3. The Morgan fingerprint density at radius 3 is 1.83 bits per heavy atom. The summed E-state index contributed by atoms with van der Waals surface area (Å²) in [5.74, 6) is -0.557. The maximum absolute atomic E-state index is 12.8. The molecule has 3 unspecified atom stereocenters. The number of alkyl halides is 6. The van der Waals surface area contributed by atoms with E-state index in [2.05, 4.69) is 5.32 Å². The van der Waals surface area contributed by atoms with Crippen LogP contribution in [-0.2, 0) is 17.1 Å². The Balaban J connectivity index is 1.58. The van der Waals surface area contributed by atoms with E-state index >= 15 is 0 Å². The van der Waals surface area contributed by atoms with Gasteiger partial charge in [-0.25, -0.2) is 0 Å². The van der Waals surface area contributed by atoms with Gasteiger partial charge >= 0.3 is 12.4 Å². The van der Waals surface area contributed by atoms with Gasteiger partial charge in [0.25, 0.3) is 5.91 Å². The Hall–Kier alpha value is -2.97. The van der Waals surface area contributed by atoms with Gasteiger partial charge in [-0.15, -0.1) is 0 Å². The zero-order valence-electron chi connectivity index (χ0n) is 15.6. The standard InChI is InChI=1S/C21H16F6N2O/c1-11-18(13-4-8-15(9-5-13)21(25,26)27)19-28-16(10-17(30)29(11)19)12-2-6-14(7-3-12)20(22,23)24/h2-11,18-19,28H,1H3. The van der Waals surface area contributed by atoms with Gasteiger partial charge in [-0.05, 0) is 42.3 Å². The topological polar surface area (TPSA) is 32.3 Å². The van der Waals surface area contributed by atoms with Crippen LogP contribution in [0, 0.1) is 0 Å². The fraction of sp³-hybridized carbons (Fsp3) is 0.286. The van der Waals surface area contributed by atoms with Crippen LogP contribution in [0.5, 0.6) is 0 Å². The van der Waals surface area contributed by atoms with Crippen LogP contribution in [0.1, 0.15) is 35.1 Å². The van der Waals surface area contributed by atoms with Crippen LogP contribution in [0.15, 0.2) is 54.6 Å². The first-order valence-electron chi connectivity index (χ1n) is 9.12. The maximum atomic E-state index is 12.8. The van der Waals surface area contributed by atoms with Crippen molar-refractivity contribution in [2.75, 3.05) is 0 Å². The molecular formula is C21H16F6N2O. The molecule has 3 nitrogen and oxygen atoms in total. The fourth-order valence-electron chi connectivity index (χ4n) is 4.02. The lowest BCUT2D eigenvalue weighted by atomic mass is 9.78. The highest BCUT2D eigenvalue weighted by Crippen LogP contribution is 2.43. The molecule has 1 fully saturated rings. The predicted octanol–water partition coefficient (Wildman–Crippen LogP) is 5.01. The highest BCUT2D eigenvalue weighted by atomic mass is 19.4. The summed E-state index contributed by atoms with van der Waals surface area (Å²) in [5, 5.41) is 3.14. The normalized spacial score (nSPS) is 24.0. The molecule has 158 valence electrons. The summed E-state index contributed by atoms with van der Waals surface area (Å²) in [6.07, 6.45) is -8.07. The molecule has 2 aliphatic heterocycles. The third-order valence-corrected chi connectivity index (χ3v) is 5.57. The van der Waals surface area contributed by atoms with Crippen molar-refractivity contribution in [1.29, 1.82) is 0 Å². The number of hydrogen-bond acceptors (Lipinski definition) is 2. The van der Waals surface area contributed by atoms with E-state index in [1.165, 1.54) is 30.3 Å². The Labute approximate surface area is 168 Å². The minimum atomic E-state index is -4.46. The van der Waals surface area contributed by atoms with Crippen molar-refractivity contribution in [3.8, 4) is 0 Å². The third kappa shape index (κ3) is 3.42. The van der Waals surface area contributed by atoms with E-state index in [1.54, 1.807) is 11.8 Å². The maximum Gasteiger partial charge on any atom is 0.416 e. The number of carbonyl (C=O) groups is 1. The molecule has 0 bridgehead atoms. The van der Waals surface area contributed by atoms with E-state index in [1.807, 2.05) is 0 Å². The van der Waals surface area contributed by atoms with E-state index in [4.69, 9.17) is 0 Å².